The van der Waals surface area contributed by atoms with Gasteiger partial charge in [0.05, 0.1) is 6.61 Å². The first kappa shape index (κ1) is 16.9. The Hall–Kier alpha value is -1.13. The van der Waals surface area contributed by atoms with Gasteiger partial charge < -0.3 is 14.2 Å². The van der Waals surface area contributed by atoms with Gasteiger partial charge in [-0.3, -0.25) is 0 Å². The van der Waals surface area contributed by atoms with Gasteiger partial charge in [-0.25, -0.2) is 4.79 Å². The molecule has 0 radical (unpaired) electrons. The molecule has 0 N–H and O–H groups in total. The zero-order valence-electron chi connectivity index (χ0n) is 11.6. The van der Waals surface area contributed by atoms with Crippen molar-refractivity contribution in [1.29, 1.82) is 0 Å². The Morgan fingerprint density at radius 3 is 2.33 bits per heavy atom. The maximum atomic E-state index is 11.1. The Balaban J connectivity index is 0.000000494. The lowest BCUT2D eigenvalue weighted by molar-refractivity contribution is -0.145. The summed E-state index contributed by atoms with van der Waals surface area (Å²) >= 11 is 0. The Morgan fingerprint density at radius 1 is 1.50 bits per heavy atom. The van der Waals surface area contributed by atoms with Crippen LogP contribution in [-0.2, 0) is 19.0 Å². The number of carbonyl (C=O) groups is 1. The highest BCUT2D eigenvalue weighted by Gasteiger charge is 2.34. The number of hydrogen-bond donors (Lipinski definition) is 0. The summed E-state index contributed by atoms with van der Waals surface area (Å²) in [6, 6.07) is 0. The van der Waals surface area contributed by atoms with Gasteiger partial charge in [0.1, 0.15) is 12.2 Å². The molecule has 0 amide bonds. The van der Waals surface area contributed by atoms with E-state index in [1.807, 2.05) is 13.8 Å². The Labute approximate surface area is 110 Å². The van der Waals surface area contributed by atoms with Crippen molar-refractivity contribution in [2.75, 3.05) is 19.8 Å². The molecule has 0 aromatic carbocycles. The summed E-state index contributed by atoms with van der Waals surface area (Å²) < 4.78 is 15.0. The van der Waals surface area contributed by atoms with E-state index < -0.39 is 0 Å². The SMILES string of the molecule is C=CCC(OC(=O)C(=C)C)C1CO1.CCOCC. The predicted octanol–water partition coefficient (Wildman–Crippen LogP) is 2.49. The lowest BCUT2D eigenvalue weighted by atomic mass is 10.2. The van der Waals surface area contributed by atoms with Crippen molar-refractivity contribution >= 4 is 5.97 Å². The Kier molecular flexibility index (Phi) is 9.24. The number of rotatable bonds is 7. The van der Waals surface area contributed by atoms with E-state index in [1.165, 1.54) is 0 Å². The summed E-state index contributed by atoms with van der Waals surface area (Å²) in [6.07, 6.45) is 2.21. The molecule has 0 spiro atoms. The highest BCUT2D eigenvalue weighted by molar-refractivity contribution is 5.87. The van der Waals surface area contributed by atoms with E-state index in [2.05, 4.69) is 13.2 Å². The lowest BCUT2D eigenvalue weighted by Crippen LogP contribution is -2.23. The molecule has 2 unspecified atom stereocenters. The summed E-state index contributed by atoms with van der Waals surface area (Å²) in [6.45, 7) is 15.1. The van der Waals surface area contributed by atoms with Gasteiger partial charge >= 0.3 is 5.97 Å². The third-order valence-corrected chi connectivity index (χ3v) is 2.19. The van der Waals surface area contributed by atoms with E-state index in [0.29, 0.717) is 18.6 Å². The van der Waals surface area contributed by atoms with E-state index in [4.69, 9.17) is 14.2 Å². The molecule has 1 heterocycles. The van der Waals surface area contributed by atoms with Crippen LogP contribution in [0, 0.1) is 0 Å². The highest BCUT2D eigenvalue weighted by atomic mass is 16.6. The largest absolute Gasteiger partial charge is 0.456 e. The number of ether oxygens (including phenoxy) is 3. The smallest absolute Gasteiger partial charge is 0.333 e. The van der Waals surface area contributed by atoms with Gasteiger partial charge in [0.15, 0.2) is 0 Å². The second-order valence-electron chi connectivity index (χ2n) is 3.90. The molecule has 1 aliphatic heterocycles. The van der Waals surface area contributed by atoms with E-state index in [1.54, 1.807) is 13.0 Å². The fourth-order valence-corrected chi connectivity index (χ4v) is 1.15. The van der Waals surface area contributed by atoms with Crippen LogP contribution in [0.1, 0.15) is 27.2 Å². The molecule has 4 heteroatoms. The third kappa shape index (κ3) is 8.03. The molecule has 0 aromatic heterocycles. The normalized spacial score (nSPS) is 18.1. The molecule has 0 aromatic rings. The van der Waals surface area contributed by atoms with Crippen LogP contribution >= 0.6 is 0 Å². The van der Waals surface area contributed by atoms with Crippen LogP contribution in [0.2, 0.25) is 0 Å². The standard InChI is InChI=1S/C10H14O3.C4H10O/c1-4-5-8(9-6-12-9)13-10(11)7(2)3;1-3-5-4-2/h4,8-9H,1-2,5-6H2,3H3;3-4H2,1-2H3. The van der Waals surface area contributed by atoms with Crippen LogP contribution in [0.25, 0.3) is 0 Å². The van der Waals surface area contributed by atoms with E-state index in [9.17, 15) is 4.79 Å². The van der Waals surface area contributed by atoms with Crippen LogP contribution in [0.5, 0.6) is 0 Å². The summed E-state index contributed by atoms with van der Waals surface area (Å²) in [7, 11) is 0. The summed E-state index contributed by atoms with van der Waals surface area (Å²) in [5.74, 6) is -0.359. The van der Waals surface area contributed by atoms with Gasteiger partial charge in [-0.1, -0.05) is 12.7 Å². The van der Waals surface area contributed by atoms with Crippen molar-refractivity contribution in [3.05, 3.63) is 24.8 Å². The van der Waals surface area contributed by atoms with E-state index >= 15 is 0 Å². The molecule has 1 aliphatic rings. The second-order valence-corrected chi connectivity index (χ2v) is 3.90. The van der Waals surface area contributed by atoms with Crippen LogP contribution in [0.3, 0.4) is 0 Å². The van der Waals surface area contributed by atoms with E-state index in [-0.39, 0.29) is 18.2 Å². The fourth-order valence-electron chi connectivity index (χ4n) is 1.15. The average Bonchev–Trinajstić information content (AvgIpc) is 3.14. The molecule has 0 bridgehead atoms. The molecule has 104 valence electrons. The maximum Gasteiger partial charge on any atom is 0.333 e. The van der Waals surface area contributed by atoms with Crippen molar-refractivity contribution < 1.29 is 19.0 Å². The molecule has 2 atom stereocenters. The molecule has 0 saturated carbocycles. The van der Waals surface area contributed by atoms with Crippen molar-refractivity contribution in [3.8, 4) is 0 Å². The van der Waals surface area contributed by atoms with Gasteiger partial charge in [0, 0.05) is 25.2 Å². The van der Waals surface area contributed by atoms with E-state index in [0.717, 1.165) is 13.2 Å². The van der Waals surface area contributed by atoms with Gasteiger partial charge in [0.25, 0.3) is 0 Å². The zero-order chi connectivity index (χ0) is 14.0. The van der Waals surface area contributed by atoms with Gasteiger partial charge in [-0.05, 0) is 20.8 Å². The number of esters is 1. The highest BCUT2D eigenvalue weighted by Crippen LogP contribution is 2.20. The summed E-state index contributed by atoms with van der Waals surface area (Å²) in [4.78, 5) is 11.1. The quantitative estimate of drug-likeness (QED) is 0.304. The van der Waals surface area contributed by atoms with Crippen molar-refractivity contribution in [1.82, 2.24) is 0 Å². The van der Waals surface area contributed by atoms with Crippen LogP contribution in [0.15, 0.2) is 24.8 Å². The molecule has 4 nitrogen and oxygen atoms in total. The molecule has 18 heavy (non-hydrogen) atoms. The monoisotopic (exact) mass is 256 g/mol. The topological polar surface area (TPSA) is 48.1 Å². The summed E-state index contributed by atoms with van der Waals surface area (Å²) in [5, 5.41) is 0. The van der Waals surface area contributed by atoms with Crippen molar-refractivity contribution in [2.45, 2.75) is 39.4 Å². The minimum Gasteiger partial charge on any atom is -0.456 e. The zero-order valence-corrected chi connectivity index (χ0v) is 11.6. The van der Waals surface area contributed by atoms with Crippen LogP contribution < -0.4 is 0 Å². The Morgan fingerprint density at radius 2 is 2.06 bits per heavy atom. The van der Waals surface area contributed by atoms with Crippen molar-refractivity contribution in [2.24, 2.45) is 0 Å². The van der Waals surface area contributed by atoms with Gasteiger partial charge in [-0.2, -0.15) is 0 Å². The number of hydrogen-bond acceptors (Lipinski definition) is 4. The Bertz CT molecular complexity index is 267. The first-order valence-corrected chi connectivity index (χ1v) is 6.23. The molecular formula is C14H24O4. The maximum absolute atomic E-state index is 11.1. The first-order chi connectivity index (χ1) is 8.56. The van der Waals surface area contributed by atoms with Crippen LogP contribution in [-0.4, -0.2) is 38.0 Å². The average molecular weight is 256 g/mol. The molecule has 1 fully saturated rings. The lowest BCUT2D eigenvalue weighted by Gasteiger charge is -2.13. The molecular weight excluding hydrogens is 232 g/mol. The molecule has 1 saturated heterocycles. The number of epoxide rings is 1. The predicted molar refractivity (Wildman–Crippen MR) is 71.4 cm³/mol. The van der Waals surface area contributed by atoms with Gasteiger partial charge in [0.2, 0.25) is 0 Å². The molecule has 1 rings (SSSR count). The minimum atomic E-state index is -0.359. The fraction of sp³-hybridized carbons (Fsp3) is 0.643. The third-order valence-electron chi connectivity index (χ3n) is 2.19. The van der Waals surface area contributed by atoms with Gasteiger partial charge in [-0.15, -0.1) is 6.58 Å². The minimum absolute atomic E-state index is 0.0568. The second kappa shape index (κ2) is 9.85. The number of carbonyl (C=O) groups excluding carboxylic acids is 1. The van der Waals surface area contributed by atoms with Crippen molar-refractivity contribution in [3.63, 3.8) is 0 Å². The molecule has 0 aliphatic carbocycles. The summed E-state index contributed by atoms with van der Waals surface area (Å²) in [5.41, 5.74) is 0.412. The first-order valence-electron chi connectivity index (χ1n) is 6.23. The van der Waals surface area contributed by atoms with Crippen LogP contribution in [0.4, 0.5) is 0 Å².